The molecule has 0 radical (unpaired) electrons. The molecule has 0 aromatic carbocycles. The maximum absolute atomic E-state index is 12.2. The lowest BCUT2D eigenvalue weighted by Crippen LogP contribution is -2.28. The molecule has 116 valence electrons. The standard InChI is InChI=1S/C15H20ClNO3S/c1-8(16)7-20-13(18)11-9(2)10(3)21-12(11)17-14(19)15(4,5)6/h1,7H2,2-6H3,(H,17,19). The van der Waals surface area contributed by atoms with Crippen LogP contribution in [0.2, 0.25) is 0 Å². The maximum atomic E-state index is 12.2. The first kappa shape index (κ1) is 17.7. The lowest BCUT2D eigenvalue weighted by molar-refractivity contribution is -0.123. The van der Waals surface area contributed by atoms with Crippen LogP contribution in [-0.2, 0) is 9.53 Å². The number of anilines is 1. The van der Waals surface area contributed by atoms with Crippen molar-refractivity contribution >= 4 is 39.8 Å². The second-order valence-corrected chi connectivity index (χ2v) is 7.54. The van der Waals surface area contributed by atoms with Gasteiger partial charge in [-0.3, -0.25) is 4.79 Å². The Morgan fingerprint density at radius 2 is 1.90 bits per heavy atom. The summed E-state index contributed by atoms with van der Waals surface area (Å²) in [5.74, 6) is -0.664. The Morgan fingerprint density at radius 1 is 1.33 bits per heavy atom. The fraction of sp³-hybridized carbons (Fsp3) is 0.467. The maximum Gasteiger partial charge on any atom is 0.341 e. The molecule has 0 aliphatic rings. The fourth-order valence-corrected chi connectivity index (χ4v) is 2.57. The fourth-order valence-electron chi connectivity index (χ4n) is 1.47. The zero-order chi connectivity index (χ0) is 16.4. The number of thiophene rings is 1. The minimum atomic E-state index is -0.544. The molecule has 0 aliphatic carbocycles. The van der Waals surface area contributed by atoms with E-state index in [-0.39, 0.29) is 17.5 Å². The van der Waals surface area contributed by atoms with Crippen LogP contribution in [0.1, 0.15) is 41.6 Å². The largest absolute Gasteiger partial charge is 0.456 e. The minimum Gasteiger partial charge on any atom is -0.456 e. The first-order chi connectivity index (χ1) is 9.54. The molecular formula is C15H20ClNO3S. The molecule has 1 aromatic rings. The lowest BCUT2D eigenvalue weighted by Gasteiger charge is -2.17. The summed E-state index contributed by atoms with van der Waals surface area (Å²) in [6.07, 6.45) is 0. The summed E-state index contributed by atoms with van der Waals surface area (Å²) in [4.78, 5) is 25.2. The Labute approximate surface area is 134 Å². The van der Waals surface area contributed by atoms with Gasteiger partial charge in [-0.05, 0) is 19.4 Å². The van der Waals surface area contributed by atoms with Crippen LogP contribution in [0.25, 0.3) is 0 Å². The molecule has 1 rings (SSSR count). The molecule has 0 aliphatic heterocycles. The number of amides is 1. The Morgan fingerprint density at radius 3 is 2.38 bits per heavy atom. The molecule has 1 N–H and O–H groups in total. The van der Waals surface area contributed by atoms with Crippen LogP contribution < -0.4 is 5.32 Å². The van der Waals surface area contributed by atoms with Crippen molar-refractivity contribution in [1.82, 2.24) is 0 Å². The van der Waals surface area contributed by atoms with Gasteiger partial charge in [0, 0.05) is 15.3 Å². The van der Waals surface area contributed by atoms with Gasteiger partial charge in [-0.1, -0.05) is 39.0 Å². The van der Waals surface area contributed by atoms with Crippen LogP contribution in [-0.4, -0.2) is 18.5 Å². The van der Waals surface area contributed by atoms with Crippen LogP contribution in [0.4, 0.5) is 5.00 Å². The van der Waals surface area contributed by atoms with E-state index in [0.29, 0.717) is 10.6 Å². The van der Waals surface area contributed by atoms with Crippen molar-refractivity contribution in [2.24, 2.45) is 5.41 Å². The van der Waals surface area contributed by atoms with Crippen LogP contribution >= 0.6 is 22.9 Å². The summed E-state index contributed by atoms with van der Waals surface area (Å²) in [5, 5.41) is 3.56. The van der Waals surface area contributed by atoms with Crippen LogP contribution in [0.3, 0.4) is 0 Å². The first-order valence-electron chi connectivity index (χ1n) is 6.46. The normalized spacial score (nSPS) is 11.1. The Hall–Kier alpha value is -1.33. The molecule has 1 amide bonds. The van der Waals surface area contributed by atoms with Gasteiger partial charge >= 0.3 is 5.97 Å². The molecule has 1 heterocycles. The molecular weight excluding hydrogens is 310 g/mol. The van der Waals surface area contributed by atoms with E-state index in [1.807, 2.05) is 34.6 Å². The zero-order valence-corrected chi connectivity index (χ0v) is 14.5. The smallest absolute Gasteiger partial charge is 0.341 e. The third kappa shape index (κ3) is 4.58. The van der Waals surface area contributed by atoms with E-state index in [9.17, 15) is 9.59 Å². The van der Waals surface area contributed by atoms with Gasteiger partial charge in [0.2, 0.25) is 5.91 Å². The van der Waals surface area contributed by atoms with Crippen molar-refractivity contribution in [3.05, 3.63) is 27.6 Å². The highest BCUT2D eigenvalue weighted by molar-refractivity contribution is 7.16. The van der Waals surface area contributed by atoms with E-state index >= 15 is 0 Å². The van der Waals surface area contributed by atoms with E-state index in [2.05, 4.69) is 11.9 Å². The molecule has 0 atom stereocenters. The highest BCUT2D eigenvalue weighted by atomic mass is 35.5. The zero-order valence-electron chi connectivity index (χ0n) is 12.9. The van der Waals surface area contributed by atoms with Crippen molar-refractivity contribution < 1.29 is 14.3 Å². The average molecular weight is 330 g/mol. The number of ether oxygens (including phenoxy) is 1. The number of hydrogen-bond donors (Lipinski definition) is 1. The predicted molar refractivity (Wildman–Crippen MR) is 87.2 cm³/mol. The van der Waals surface area contributed by atoms with Gasteiger partial charge in [-0.25, -0.2) is 4.79 Å². The van der Waals surface area contributed by atoms with Gasteiger partial charge in [0.25, 0.3) is 0 Å². The molecule has 0 spiro atoms. The third-order valence-electron chi connectivity index (χ3n) is 2.86. The third-order valence-corrected chi connectivity index (χ3v) is 4.09. The van der Waals surface area contributed by atoms with Crippen LogP contribution in [0.15, 0.2) is 11.6 Å². The van der Waals surface area contributed by atoms with E-state index in [1.54, 1.807) is 0 Å². The van der Waals surface area contributed by atoms with Crippen molar-refractivity contribution in [2.75, 3.05) is 11.9 Å². The van der Waals surface area contributed by atoms with Gasteiger partial charge in [0.1, 0.15) is 11.6 Å². The van der Waals surface area contributed by atoms with Crippen molar-refractivity contribution in [2.45, 2.75) is 34.6 Å². The Bertz CT molecular complexity index is 584. The summed E-state index contributed by atoms with van der Waals surface area (Å²) in [7, 11) is 0. The minimum absolute atomic E-state index is 0.0542. The quantitative estimate of drug-likeness (QED) is 0.840. The van der Waals surface area contributed by atoms with Gasteiger partial charge in [0.15, 0.2) is 0 Å². The van der Waals surface area contributed by atoms with Crippen molar-refractivity contribution in [3.8, 4) is 0 Å². The molecule has 0 saturated carbocycles. The molecule has 1 aromatic heterocycles. The van der Waals surface area contributed by atoms with Gasteiger partial charge in [-0.2, -0.15) is 0 Å². The molecule has 0 fully saturated rings. The number of halogens is 1. The monoisotopic (exact) mass is 329 g/mol. The second-order valence-electron chi connectivity index (χ2n) is 5.78. The molecule has 0 bridgehead atoms. The van der Waals surface area contributed by atoms with Crippen molar-refractivity contribution in [3.63, 3.8) is 0 Å². The number of nitrogens with one attached hydrogen (secondary N) is 1. The SMILES string of the molecule is C=C(Cl)COC(=O)c1c(NC(=O)C(C)(C)C)sc(C)c1C. The highest BCUT2D eigenvalue weighted by Gasteiger charge is 2.26. The van der Waals surface area contributed by atoms with Crippen molar-refractivity contribution in [1.29, 1.82) is 0 Å². The number of hydrogen-bond acceptors (Lipinski definition) is 4. The Balaban J connectivity index is 3.06. The molecule has 6 heteroatoms. The topological polar surface area (TPSA) is 55.4 Å². The number of carbonyl (C=O) groups is 2. The molecule has 0 saturated heterocycles. The summed E-state index contributed by atoms with van der Waals surface area (Å²) < 4.78 is 5.08. The molecule has 4 nitrogen and oxygen atoms in total. The number of aryl methyl sites for hydroxylation is 1. The van der Waals surface area contributed by atoms with E-state index in [1.165, 1.54) is 11.3 Å². The lowest BCUT2D eigenvalue weighted by atomic mass is 9.96. The van der Waals surface area contributed by atoms with Crippen LogP contribution in [0, 0.1) is 19.3 Å². The van der Waals surface area contributed by atoms with E-state index in [0.717, 1.165) is 10.4 Å². The summed E-state index contributed by atoms with van der Waals surface area (Å²) >= 11 is 6.96. The van der Waals surface area contributed by atoms with Gasteiger partial charge in [0.05, 0.1) is 5.56 Å². The van der Waals surface area contributed by atoms with Gasteiger partial charge < -0.3 is 10.1 Å². The summed E-state index contributed by atoms with van der Waals surface area (Å²) in [6, 6.07) is 0. The molecule has 21 heavy (non-hydrogen) atoms. The summed E-state index contributed by atoms with van der Waals surface area (Å²) in [6.45, 7) is 12.6. The number of rotatable bonds is 4. The Kier molecular flexibility index (Phi) is 5.59. The predicted octanol–water partition coefficient (Wildman–Crippen LogP) is 4.26. The first-order valence-corrected chi connectivity index (χ1v) is 7.65. The van der Waals surface area contributed by atoms with E-state index < -0.39 is 11.4 Å². The number of esters is 1. The highest BCUT2D eigenvalue weighted by Crippen LogP contribution is 2.34. The molecule has 0 unspecified atom stereocenters. The van der Waals surface area contributed by atoms with Crippen LogP contribution in [0.5, 0.6) is 0 Å². The number of carbonyl (C=O) groups excluding carboxylic acids is 2. The summed E-state index contributed by atoms with van der Waals surface area (Å²) in [5.41, 5.74) is 0.639. The van der Waals surface area contributed by atoms with E-state index in [4.69, 9.17) is 16.3 Å². The average Bonchev–Trinajstić information content (AvgIpc) is 2.61. The van der Waals surface area contributed by atoms with Gasteiger partial charge in [-0.15, -0.1) is 11.3 Å². The second kappa shape index (κ2) is 6.62.